The van der Waals surface area contributed by atoms with Crippen LogP contribution in [0.4, 0.5) is 0 Å². The van der Waals surface area contributed by atoms with Crippen LogP contribution in [-0.2, 0) is 12.8 Å². The van der Waals surface area contributed by atoms with Crippen molar-refractivity contribution in [3.8, 4) is 0 Å². The lowest BCUT2D eigenvalue weighted by Gasteiger charge is -2.16. The number of nitrogens with one attached hydrogen (secondary N) is 1. The first-order valence-corrected chi connectivity index (χ1v) is 8.84. The van der Waals surface area contributed by atoms with E-state index in [1.807, 2.05) is 11.3 Å². The van der Waals surface area contributed by atoms with Gasteiger partial charge in [0.1, 0.15) is 5.01 Å². The maximum atomic E-state index is 4.88. The normalized spacial score (nSPS) is 16.1. The van der Waals surface area contributed by atoms with Crippen LogP contribution in [0.3, 0.4) is 0 Å². The summed E-state index contributed by atoms with van der Waals surface area (Å²) in [4.78, 5) is 6.26. The van der Waals surface area contributed by atoms with Crippen LogP contribution in [0.1, 0.15) is 53.4 Å². The second kappa shape index (κ2) is 6.71. The molecule has 3 rings (SSSR count). The van der Waals surface area contributed by atoms with Gasteiger partial charge in [0.05, 0.1) is 11.7 Å². The minimum atomic E-state index is 0.418. The van der Waals surface area contributed by atoms with Gasteiger partial charge in [-0.05, 0) is 44.6 Å². The summed E-state index contributed by atoms with van der Waals surface area (Å²) < 4.78 is 0. The van der Waals surface area contributed by atoms with Crippen LogP contribution in [0.15, 0.2) is 30.3 Å². The molecular weight excluding hydrogens is 276 g/mol. The fraction of sp³-hybridized carbons (Fsp3) is 0.500. The molecule has 3 heteroatoms. The molecule has 112 valence electrons. The third-order valence-corrected chi connectivity index (χ3v) is 5.25. The SMILES string of the molecule is CCc1nc(C(CCc2ccccc2)NC2CC2)sc1C. The lowest BCUT2D eigenvalue weighted by molar-refractivity contribution is 0.494. The summed E-state index contributed by atoms with van der Waals surface area (Å²) in [5.41, 5.74) is 2.70. The summed E-state index contributed by atoms with van der Waals surface area (Å²) in [7, 11) is 0. The number of aryl methyl sites for hydroxylation is 3. The van der Waals surface area contributed by atoms with Crippen molar-refractivity contribution in [2.75, 3.05) is 0 Å². The van der Waals surface area contributed by atoms with Gasteiger partial charge >= 0.3 is 0 Å². The summed E-state index contributed by atoms with van der Waals surface area (Å²) in [6, 6.07) is 11.9. The molecule has 1 fully saturated rings. The first-order chi connectivity index (χ1) is 10.3. The monoisotopic (exact) mass is 300 g/mol. The Hall–Kier alpha value is -1.19. The Labute approximate surface area is 131 Å². The highest BCUT2D eigenvalue weighted by atomic mass is 32.1. The molecule has 0 bridgehead atoms. The zero-order chi connectivity index (χ0) is 14.7. The molecule has 0 spiro atoms. The summed E-state index contributed by atoms with van der Waals surface area (Å²) in [6.07, 6.45) is 5.94. The van der Waals surface area contributed by atoms with Crippen LogP contribution >= 0.6 is 11.3 Å². The fourth-order valence-electron chi connectivity index (χ4n) is 2.70. The van der Waals surface area contributed by atoms with Crippen molar-refractivity contribution in [2.45, 2.75) is 58.0 Å². The average molecular weight is 300 g/mol. The van der Waals surface area contributed by atoms with Crippen molar-refractivity contribution in [2.24, 2.45) is 0 Å². The van der Waals surface area contributed by atoms with Crippen LogP contribution in [-0.4, -0.2) is 11.0 Å². The molecule has 0 radical (unpaired) electrons. The minimum Gasteiger partial charge on any atom is -0.305 e. The van der Waals surface area contributed by atoms with Crippen molar-refractivity contribution >= 4 is 11.3 Å². The van der Waals surface area contributed by atoms with Gasteiger partial charge in [-0.25, -0.2) is 4.98 Å². The molecule has 1 saturated carbocycles. The van der Waals surface area contributed by atoms with Crippen LogP contribution in [0.5, 0.6) is 0 Å². The van der Waals surface area contributed by atoms with Crippen LogP contribution < -0.4 is 5.32 Å². The van der Waals surface area contributed by atoms with Gasteiger partial charge in [0.25, 0.3) is 0 Å². The maximum absolute atomic E-state index is 4.88. The van der Waals surface area contributed by atoms with E-state index in [1.54, 1.807) is 0 Å². The smallest absolute Gasteiger partial charge is 0.110 e. The number of nitrogens with zero attached hydrogens (tertiary/aromatic N) is 1. The highest BCUT2D eigenvalue weighted by Gasteiger charge is 2.27. The van der Waals surface area contributed by atoms with Gasteiger partial charge in [0, 0.05) is 10.9 Å². The molecule has 1 unspecified atom stereocenters. The summed E-state index contributed by atoms with van der Waals surface area (Å²) in [5.74, 6) is 0. The van der Waals surface area contributed by atoms with E-state index in [-0.39, 0.29) is 0 Å². The third kappa shape index (κ3) is 3.92. The Morgan fingerprint density at radius 3 is 2.67 bits per heavy atom. The number of rotatable bonds is 7. The molecule has 1 aliphatic carbocycles. The van der Waals surface area contributed by atoms with E-state index >= 15 is 0 Å². The summed E-state index contributed by atoms with van der Waals surface area (Å²) in [6.45, 7) is 4.39. The molecule has 1 aromatic heterocycles. The average Bonchev–Trinajstić information content (AvgIpc) is 3.25. The van der Waals surface area contributed by atoms with E-state index in [2.05, 4.69) is 49.5 Å². The van der Waals surface area contributed by atoms with Gasteiger partial charge in [-0.15, -0.1) is 11.3 Å². The van der Waals surface area contributed by atoms with Gasteiger partial charge < -0.3 is 5.32 Å². The predicted molar refractivity (Wildman–Crippen MR) is 89.9 cm³/mol. The number of aromatic nitrogens is 1. The Morgan fingerprint density at radius 2 is 2.05 bits per heavy atom. The fourth-order valence-corrected chi connectivity index (χ4v) is 3.80. The molecule has 1 heterocycles. The van der Waals surface area contributed by atoms with Crippen molar-refractivity contribution in [3.63, 3.8) is 0 Å². The first kappa shape index (κ1) is 14.7. The molecule has 0 amide bonds. The predicted octanol–water partition coefficient (Wildman–Crippen LogP) is 4.44. The number of hydrogen-bond acceptors (Lipinski definition) is 3. The van der Waals surface area contributed by atoms with Gasteiger partial charge in [0.2, 0.25) is 0 Å². The van der Waals surface area contributed by atoms with Crippen molar-refractivity contribution in [1.29, 1.82) is 0 Å². The van der Waals surface area contributed by atoms with E-state index < -0.39 is 0 Å². The first-order valence-electron chi connectivity index (χ1n) is 8.02. The molecule has 0 aliphatic heterocycles. The quantitative estimate of drug-likeness (QED) is 0.817. The number of hydrogen-bond donors (Lipinski definition) is 1. The molecule has 1 N–H and O–H groups in total. The molecular formula is C18H24N2S. The van der Waals surface area contributed by atoms with Gasteiger partial charge in [-0.1, -0.05) is 37.3 Å². The number of thiazole rings is 1. The Balaban J connectivity index is 1.70. The maximum Gasteiger partial charge on any atom is 0.110 e. The zero-order valence-corrected chi connectivity index (χ0v) is 13.7. The summed E-state index contributed by atoms with van der Waals surface area (Å²) in [5, 5.41) is 5.07. The molecule has 1 atom stereocenters. The second-order valence-corrected chi connectivity index (χ2v) is 7.16. The standard InChI is InChI=1S/C18H24N2S/c1-3-16-13(2)21-18(20-16)17(19-15-10-11-15)12-9-14-7-5-4-6-8-14/h4-8,15,17,19H,3,9-12H2,1-2H3. The summed E-state index contributed by atoms with van der Waals surface area (Å²) >= 11 is 1.88. The highest BCUT2D eigenvalue weighted by molar-refractivity contribution is 7.11. The lowest BCUT2D eigenvalue weighted by atomic mass is 10.1. The minimum absolute atomic E-state index is 0.418. The second-order valence-electron chi connectivity index (χ2n) is 5.93. The van der Waals surface area contributed by atoms with Gasteiger partial charge in [-0.3, -0.25) is 0 Å². The van der Waals surface area contributed by atoms with Crippen LogP contribution in [0.2, 0.25) is 0 Å². The zero-order valence-electron chi connectivity index (χ0n) is 12.9. The Kier molecular flexibility index (Phi) is 4.71. The molecule has 2 nitrogen and oxygen atoms in total. The highest BCUT2D eigenvalue weighted by Crippen LogP contribution is 2.30. The number of benzene rings is 1. The van der Waals surface area contributed by atoms with Crippen molar-refractivity contribution < 1.29 is 0 Å². The Morgan fingerprint density at radius 1 is 1.29 bits per heavy atom. The van der Waals surface area contributed by atoms with Crippen LogP contribution in [0.25, 0.3) is 0 Å². The van der Waals surface area contributed by atoms with Crippen molar-refractivity contribution in [3.05, 3.63) is 51.5 Å². The lowest BCUT2D eigenvalue weighted by Crippen LogP contribution is -2.24. The van der Waals surface area contributed by atoms with E-state index in [0.717, 1.165) is 25.3 Å². The van der Waals surface area contributed by atoms with Crippen LogP contribution in [0, 0.1) is 6.92 Å². The molecule has 1 aromatic carbocycles. The topological polar surface area (TPSA) is 24.9 Å². The Bertz CT molecular complexity index is 572. The van der Waals surface area contributed by atoms with E-state index in [4.69, 9.17) is 4.98 Å². The van der Waals surface area contributed by atoms with Crippen molar-refractivity contribution in [1.82, 2.24) is 10.3 Å². The molecule has 2 aromatic rings. The third-order valence-electron chi connectivity index (χ3n) is 4.12. The van der Waals surface area contributed by atoms with Gasteiger partial charge in [-0.2, -0.15) is 0 Å². The largest absolute Gasteiger partial charge is 0.305 e. The molecule has 0 saturated heterocycles. The van der Waals surface area contributed by atoms with E-state index in [0.29, 0.717) is 6.04 Å². The van der Waals surface area contributed by atoms with Gasteiger partial charge in [0.15, 0.2) is 0 Å². The molecule has 1 aliphatic rings. The van der Waals surface area contributed by atoms with E-state index in [9.17, 15) is 0 Å². The van der Waals surface area contributed by atoms with E-state index in [1.165, 1.54) is 34.0 Å². The molecule has 21 heavy (non-hydrogen) atoms.